The molecular weight excluding hydrogens is 330 g/mol. The molecule has 0 radical (unpaired) electrons. The van der Waals surface area contributed by atoms with Gasteiger partial charge in [-0.05, 0) is 24.5 Å². The Labute approximate surface area is 146 Å². The second kappa shape index (κ2) is 8.39. The van der Waals surface area contributed by atoms with Crippen molar-refractivity contribution in [2.45, 2.75) is 32.2 Å². The molecule has 9 heteroatoms. The van der Waals surface area contributed by atoms with Crippen LogP contribution in [0.15, 0.2) is 6.07 Å². The molecule has 0 aliphatic carbocycles. The second-order valence-electron chi connectivity index (χ2n) is 5.96. The van der Waals surface area contributed by atoms with Crippen molar-refractivity contribution in [3.63, 3.8) is 0 Å². The minimum absolute atomic E-state index is 0.0192. The van der Waals surface area contributed by atoms with Crippen LogP contribution in [0.1, 0.15) is 17.8 Å². The van der Waals surface area contributed by atoms with E-state index in [0.717, 1.165) is 17.1 Å². The summed E-state index contributed by atoms with van der Waals surface area (Å²) in [7, 11) is 3.47. The lowest BCUT2D eigenvalue weighted by atomic mass is 10.2. The number of amides is 3. The standard InChI is InChI=1S/C15H25N5O3S/c1-18(2)15(23)19-5-6-20-12(10-19)8-11(17-20)9-16-14(22)13(21)4-7-24-3/h8,13,21H,4-7,9-10H2,1-3H3,(H,16,22)/t13-/m0/s1. The Kier molecular flexibility index (Phi) is 6.50. The molecule has 0 bridgehead atoms. The first-order valence-corrected chi connectivity index (χ1v) is 9.28. The van der Waals surface area contributed by atoms with Gasteiger partial charge in [-0.3, -0.25) is 9.48 Å². The highest BCUT2D eigenvalue weighted by Crippen LogP contribution is 2.15. The molecule has 0 saturated heterocycles. The number of hydrogen-bond donors (Lipinski definition) is 2. The summed E-state index contributed by atoms with van der Waals surface area (Å²) < 4.78 is 1.87. The average Bonchev–Trinajstić information content (AvgIpc) is 2.98. The fraction of sp³-hybridized carbons (Fsp3) is 0.667. The van der Waals surface area contributed by atoms with Gasteiger partial charge in [-0.1, -0.05) is 0 Å². The lowest BCUT2D eigenvalue weighted by molar-refractivity contribution is -0.129. The molecule has 2 N–H and O–H groups in total. The van der Waals surface area contributed by atoms with Crippen LogP contribution in [-0.4, -0.2) is 75.4 Å². The number of aliphatic hydroxyl groups is 1. The first kappa shape index (κ1) is 18.6. The molecule has 0 aromatic carbocycles. The third-order valence-electron chi connectivity index (χ3n) is 3.84. The van der Waals surface area contributed by atoms with Crippen LogP contribution >= 0.6 is 11.8 Å². The van der Waals surface area contributed by atoms with Crippen molar-refractivity contribution >= 4 is 23.7 Å². The molecule has 0 fully saturated rings. The number of nitrogens with zero attached hydrogens (tertiary/aromatic N) is 4. The first-order valence-electron chi connectivity index (χ1n) is 7.89. The molecule has 8 nitrogen and oxygen atoms in total. The van der Waals surface area contributed by atoms with Crippen LogP contribution in [-0.2, 0) is 24.4 Å². The van der Waals surface area contributed by atoms with Crippen molar-refractivity contribution in [3.05, 3.63) is 17.5 Å². The van der Waals surface area contributed by atoms with Gasteiger partial charge < -0.3 is 20.2 Å². The number of rotatable bonds is 6. The fourth-order valence-corrected chi connectivity index (χ4v) is 2.97. The molecule has 2 rings (SSSR count). The third kappa shape index (κ3) is 4.64. The maximum atomic E-state index is 12.0. The molecule has 1 atom stereocenters. The molecule has 24 heavy (non-hydrogen) atoms. The average molecular weight is 355 g/mol. The monoisotopic (exact) mass is 355 g/mol. The fourth-order valence-electron chi connectivity index (χ4n) is 2.51. The van der Waals surface area contributed by atoms with Gasteiger partial charge in [0.2, 0.25) is 5.91 Å². The van der Waals surface area contributed by atoms with E-state index in [0.29, 0.717) is 26.1 Å². The minimum Gasteiger partial charge on any atom is -0.383 e. The van der Waals surface area contributed by atoms with Gasteiger partial charge in [0.25, 0.3) is 0 Å². The Morgan fingerprint density at radius 3 is 2.88 bits per heavy atom. The van der Waals surface area contributed by atoms with Gasteiger partial charge in [-0.2, -0.15) is 16.9 Å². The van der Waals surface area contributed by atoms with Crippen molar-refractivity contribution < 1.29 is 14.7 Å². The molecule has 1 aliphatic heterocycles. The van der Waals surface area contributed by atoms with E-state index in [1.54, 1.807) is 35.7 Å². The SMILES string of the molecule is CSCC[C@H](O)C(=O)NCc1cc2n(n1)CCN(C(=O)N(C)C)C2. The Morgan fingerprint density at radius 1 is 1.46 bits per heavy atom. The van der Waals surface area contributed by atoms with Gasteiger partial charge in [0.15, 0.2) is 0 Å². The number of fused-ring (bicyclic) bond motifs is 1. The zero-order valence-electron chi connectivity index (χ0n) is 14.4. The van der Waals surface area contributed by atoms with E-state index in [1.165, 1.54) is 0 Å². The molecule has 1 aromatic heterocycles. The lowest BCUT2D eigenvalue weighted by Gasteiger charge is -2.29. The normalized spacial score (nSPS) is 14.9. The van der Waals surface area contributed by atoms with Crippen molar-refractivity contribution in [2.75, 3.05) is 32.6 Å². The number of thioether (sulfide) groups is 1. The summed E-state index contributed by atoms with van der Waals surface area (Å²) in [5, 5.41) is 16.9. The Bertz CT molecular complexity index is 590. The molecule has 1 aliphatic rings. The molecule has 1 aromatic rings. The van der Waals surface area contributed by atoms with E-state index < -0.39 is 6.10 Å². The van der Waals surface area contributed by atoms with Gasteiger partial charge in [-0.15, -0.1) is 0 Å². The van der Waals surface area contributed by atoms with Crippen molar-refractivity contribution in [3.8, 4) is 0 Å². The molecule has 0 spiro atoms. The molecule has 2 heterocycles. The van der Waals surface area contributed by atoms with Gasteiger partial charge in [-0.25, -0.2) is 4.79 Å². The predicted octanol–water partition coefficient (Wildman–Crippen LogP) is 0.111. The quantitative estimate of drug-likeness (QED) is 0.756. The van der Waals surface area contributed by atoms with Crippen LogP contribution in [0.25, 0.3) is 0 Å². The third-order valence-corrected chi connectivity index (χ3v) is 4.49. The molecule has 0 saturated carbocycles. The maximum absolute atomic E-state index is 12.0. The summed E-state index contributed by atoms with van der Waals surface area (Å²) in [6.07, 6.45) is 1.39. The Morgan fingerprint density at radius 2 is 2.21 bits per heavy atom. The Balaban J connectivity index is 1.89. The maximum Gasteiger partial charge on any atom is 0.319 e. The van der Waals surface area contributed by atoms with E-state index in [2.05, 4.69) is 10.4 Å². The number of nitrogens with one attached hydrogen (secondary N) is 1. The van der Waals surface area contributed by atoms with E-state index >= 15 is 0 Å². The molecule has 3 amide bonds. The second-order valence-corrected chi connectivity index (χ2v) is 6.95. The van der Waals surface area contributed by atoms with Crippen LogP contribution in [0.3, 0.4) is 0 Å². The van der Waals surface area contributed by atoms with E-state index in [1.807, 2.05) is 17.0 Å². The molecule has 134 valence electrons. The van der Waals surface area contributed by atoms with Crippen LogP contribution in [0, 0.1) is 0 Å². The number of urea groups is 1. The van der Waals surface area contributed by atoms with E-state index in [4.69, 9.17) is 0 Å². The van der Waals surface area contributed by atoms with Gasteiger partial charge in [0, 0.05) is 20.6 Å². The number of aliphatic hydroxyl groups excluding tert-OH is 1. The zero-order chi connectivity index (χ0) is 17.7. The predicted molar refractivity (Wildman–Crippen MR) is 92.6 cm³/mol. The largest absolute Gasteiger partial charge is 0.383 e. The summed E-state index contributed by atoms with van der Waals surface area (Å²) in [5.74, 6) is 0.364. The highest BCUT2D eigenvalue weighted by atomic mass is 32.2. The van der Waals surface area contributed by atoms with Gasteiger partial charge in [0.1, 0.15) is 6.10 Å². The van der Waals surface area contributed by atoms with Crippen LogP contribution in [0.4, 0.5) is 4.79 Å². The highest BCUT2D eigenvalue weighted by Gasteiger charge is 2.23. The number of carbonyl (C=O) groups is 2. The van der Waals surface area contributed by atoms with Crippen LogP contribution in [0.2, 0.25) is 0 Å². The van der Waals surface area contributed by atoms with Gasteiger partial charge >= 0.3 is 6.03 Å². The first-order chi connectivity index (χ1) is 11.4. The number of hydrogen-bond acceptors (Lipinski definition) is 5. The minimum atomic E-state index is -0.983. The summed E-state index contributed by atoms with van der Waals surface area (Å²) in [6.45, 7) is 2.04. The summed E-state index contributed by atoms with van der Waals surface area (Å²) in [6, 6.07) is 1.87. The van der Waals surface area contributed by atoms with Crippen molar-refractivity contribution in [1.82, 2.24) is 24.9 Å². The van der Waals surface area contributed by atoms with Crippen LogP contribution in [0.5, 0.6) is 0 Å². The van der Waals surface area contributed by atoms with Gasteiger partial charge in [0.05, 0.1) is 31.0 Å². The van der Waals surface area contributed by atoms with E-state index in [9.17, 15) is 14.7 Å². The van der Waals surface area contributed by atoms with Crippen molar-refractivity contribution in [1.29, 1.82) is 0 Å². The molecular formula is C15H25N5O3S. The lowest BCUT2D eigenvalue weighted by Crippen LogP contribution is -2.43. The van der Waals surface area contributed by atoms with Crippen LogP contribution < -0.4 is 5.32 Å². The smallest absolute Gasteiger partial charge is 0.319 e. The zero-order valence-corrected chi connectivity index (χ0v) is 15.2. The highest BCUT2D eigenvalue weighted by molar-refractivity contribution is 7.98. The number of carbonyl (C=O) groups excluding carboxylic acids is 2. The Hall–Kier alpha value is -1.74. The topological polar surface area (TPSA) is 90.7 Å². The van der Waals surface area contributed by atoms with E-state index in [-0.39, 0.29) is 18.5 Å². The van der Waals surface area contributed by atoms with Crippen molar-refractivity contribution in [2.24, 2.45) is 0 Å². The summed E-state index contributed by atoms with van der Waals surface area (Å²) in [4.78, 5) is 27.2. The summed E-state index contributed by atoms with van der Waals surface area (Å²) >= 11 is 1.59. The molecule has 0 unspecified atom stereocenters. The summed E-state index contributed by atoms with van der Waals surface area (Å²) in [5.41, 5.74) is 1.68. The number of aromatic nitrogens is 2.